The summed E-state index contributed by atoms with van der Waals surface area (Å²) >= 11 is 0. The van der Waals surface area contributed by atoms with Crippen molar-refractivity contribution in [1.82, 2.24) is 0 Å². The maximum absolute atomic E-state index is 5.12. The molecule has 46 valence electrons. The van der Waals surface area contributed by atoms with Crippen molar-refractivity contribution < 1.29 is 4.74 Å². The Balaban J connectivity index is 1.81. The molecule has 1 atom stereocenters. The average Bonchev–Trinajstić information content (AvgIpc) is 2.49. The molecule has 1 aliphatic carbocycles. The molecule has 1 nitrogen and oxygen atoms in total. The van der Waals surface area contributed by atoms with E-state index in [0.717, 1.165) is 6.61 Å². The SMILES string of the molecule is CC1(CC2CO2)CC1. The first-order valence-electron chi connectivity index (χ1n) is 3.40. The van der Waals surface area contributed by atoms with Crippen LogP contribution >= 0.6 is 0 Å². The second kappa shape index (κ2) is 1.27. The zero-order valence-electron chi connectivity index (χ0n) is 5.31. The van der Waals surface area contributed by atoms with Gasteiger partial charge in [0.1, 0.15) is 0 Å². The van der Waals surface area contributed by atoms with Gasteiger partial charge >= 0.3 is 0 Å². The summed E-state index contributed by atoms with van der Waals surface area (Å²) in [7, 11) is 0. The van der Waals surface area contributed by atoms with Crippen LogP contribution in [0.25, 0.3) is 0 Å². The fourth-order valence-corrected chi connectivity index (χ4v) is 1.15. The first kappa shape index (κ1) is 4.80. The highest BCUT2D eigenvalue weighted by Gasteiger charge is 2.42. The van der Waals surface area contributed by atoms with Gasteiger partial charge in [-0.3, -0.25) is 0 Å². The zero-order chi connectivity index (χ0) is 5.61. The summed E-state index contributed by atoms with van der Waals surface area (Å²) in [6.07, 6.45) is 4.86. The number of epoxide rings is 1. The Hall–Kier alpha value is -0.0400. The maximum atomic E-state index is 5.12. The molecule has 1 heterocycles. The van der Waals surface area contributed by atoms with Gasteiger partial charge in [-0.05, 0) is 24.7 Å². The minimum atomic E-state index is 0.655. The lowest BCUT2D eigenvalue weighted by atomic mass is 10.0. The Bertz CT molecular complexity index is 101. The van der Waals surface area contributed by atoms with E-state index >= 15 is 0 Å². The van der Waals surface area contributed by atoms with E-state index in [2.05, 4.69) is 6.92 Å². The summed E-state index contributed by atoms with van der Waals surface area (Å²) in [6, 6.07) is 0. The average molecular weight is 112 g/mol. The van der Waals surface area contributed by atoms with Gasteiger partial charge in [0.05, 0.1) is 12.7 Å². The van der Waals surface area contributed by atoms with Gasteiger partial charge < -0.3 is 4.74 Å². The fourth-order valence-electron chi connectivity index (χ4n) is 1.15. The van der Waals surface area contributed by atoms with E-state index in [0.29, 0.717) is 11.5 Å². The minimum absolute atomic E-state index is 0.655. The molecule has 2 fully saturated rings. The van der Waals surface area contributed by atoms with Gasteiger partial charge in [0.25, 0.3) is 0 Å². The van der Waals surface area contributed by atoms with E-state index in [1.807, 2.05) is 0 Å². The topological polar surface area (TPSA) is 12.5 Å². The van der Waals surface area contributed by atoms with Crippen molar-refractivity contribution in [1.29, 1.82) is 0 Å². The predicted molar refractivity (Wildman–Crippen MR) is 31.7 cm³/mol. The molecule has 2 rings (SSSR count). The van der Waals surface area contributed by atoms with Crippen LogP contribution in [0.5, 0.6) is 0 Å². The van der Waals surface area contributed by atoms with E-state index in [9.17, 15) is 0 Å². The van der Waals surface area contributed by atoms with E-state index in [4.69, 9.17) is 4.74 Å². The lowest BCUT2D eigenvalue weighted by Gasteiger charge is -2.01. The quantitative estimate of drug-likeness (QED) is 0.494. The largest absolute Gasteiger partial charge is 0.373 e. The van der Waals surface area contributed by atoms with Crippen molar-refractivity contribution >= 4 is 0 Å². The second-order valence-corrected chi connectivity index (χ2v) is 3.47. The Morgan fingerprint density at radius 3 is 2.62 bits per heavy atom. The van der Waals surface area contributed by atoms with Crippen molar-refractivity contribution in [3.63, 3.8) is 0 Å². The van der Waals surface area contributed by atoms with Crippen LogP contribution in [0, 0.1) is 5.41 Å². The van der Waals surface area contributed by atoms with Crippen LogP contribution in [0.1, 0.15) is 26.2 Å². The Labute approximate surface area is 50.0 Å². The third-order valence-electron chi connectivity index (χ3n) is 2.23. The summed E-state index contributed by atoms with van der Waals surface area (Å²) in [5.74, 6) is 0. The van der Waals surface area contributed by atoms with Crippen LogP contribution < -0.4 is 0 Å². The molecule has 2 aliphatic rings. The third kappa shape index (κ3) is 0.873. The number of hydrogen-bond donors (Lipinski definition) is 0. The summed E-state index contributed by atoms with van der Waals surface area (Å²) in [4.78, 5) is 0. The van der Waals surface area contributed by atoms with Crippen LogP contribution in [-0.2, 0) is 4.74 Å². The van der Waals surface area contributed by atoms with Crippen molar-refractivity contribution in [3.8, 4) is 0 Å². The van der Waals surface area contributed by atoms with Gasteiger partial charge in [0, 0.05) is 0 Å². The van der Waals surface area contributed by atoms with Gasteiger partial charge in [-0.25, -0.2) is 0 Å². The monoisotopic (exact) mass is 112 g/mol. The number of rotatable bonds is 2. The Morgan fingerprint density at radius 2 is 2.25 bits per heavy atom. The van der Waals surface area contributed by atoms with Crippen LogP contribution in [-0.4, -0.2) is 12.7 Å². The number of ether oxygens (including phenoxy) is 1. The maximum Gasteiger partial charge on any atom is 0.0815 e. The molecule has 0 amide bonds. The zero-order valence-corrected chi connectivity index (χ0v) is 5.31. The normalized spacial score (nSPS) is 39.4. The first-order chi connectivity index (χ1) is 3.79. The molecule has 8 heavy (non-hydrogen) atoms. The highest BCUT2D eigenvalue weighted by atomic mass is 16.6. The summed E-state index contributed by atoms with van der Waals surface area (Å²) in [5.41, 5.74) is 0.709. The van der Waals surface area contributed by atoms with Gasteiger partial charge in [0.2, 0.25) is 0 Å². The van der Waals surface area contributed by atoms with E-state index < -0.39 is 0 Å². The molecular formula is C7H12O. The highest BCUT2D eigenvalue weighted by molar-refractivity contribution is 4.92. The molecular weight excluding hydrogens is 100 g/mol. The highest BCUT2D eigenvalue weighted by Crippen LogP contribution is 2.50. The van der Waals surface area contributed by atoms with Gasteiger partial charge in [-0.1, -0.05) is 6.92 Å². The molecule has 0 N–H and O–H groups in total. The molecule has 1 saturated heterocycles. The van der Waals surface area contributed by atoms with Crippen molar-refractivity contribution in [2.45, 2.75) is 32.3 Å². The fraction of sp³-hybridized carbons (Fsp3) is 1.00. The van der Waals surface area contributed by atoms with E-state index in [1.165, 1.54) is 19.3 Å². The molecule has 1 saturated carbocycles. The molecule has 0 spiro atoms. The van der Waals surface area contributed by atoms with Gasteiger partial charge in [-0.15, -0.1) is 0 Å². The molecule has 0 radical (unpaired) electrons. The summed E-state index contributed by atoms with van der Waals surface area (Å²) in [5, 5.41) is 0. The Morgan fingerprint density at radius 1 is 1.62 bits per heavy atom. The lowest BCUT2D eigenvalue weighted by Crippen LogP contribution is -1.97. The van der Waals surface area contributed by atoms with Crippen LogP contribution in [0.2, 0.25) is 0 Å². The van der Waals surface area contributed by atoms with E-state index in [-0.39, 0.29) is 0 Å². The smallest absolute Gasteiger partial charge is 0.0815 e. The predicted octanol–water partition coefficient (Wildman–Crippen LogP) is 1.58. The van der Waals surface area contributed by atoms with Crippen LogP contribution in [0.4, 0.5) is 0 Å². The molecule has 1 aliphatic heterocycles. The summed E-state index contributed by atoms with van der Waals surface area (Å²) in [6.45, 7) is 3.39. The van der Waals surface area contributed by atoms with E-state index in [1.54, 1.807) is 0 Å². The lowest BCUT2D eigenvalue weighted by molar-refractivity contribution is 0.353. The van der Waals surface area contributed by atoms with Crippen LogP contribution in [0.15, 0.2) is 0 Å². The molecule has 0 aromatic heterocycles. The molecule has 1 unspecified atom stereocenters. The standard InChI is InChI=1S/C7H12O/c1-7(2-3-7)4-6-5-8-6/h6H,2-5H2,1H3. The van der Waals surface area contributed by atoms with Crippen LogP contribution in [0.3, 0.4) is 0 Å². The third-order valence-corrected chi connectivity index (χ3v) is 2.23. The van der Waals surface area contributed by atoms with Crippen molar-refractivity contribution in [2.24, 2.45) is 5.41 Å². The first-order valence-corrected chi connectivity index (χ1v) is 3.40. The molecule has 0 bridgehead atoms. The van der Waals surface area contributed by atoms with Gasteiger partial charge in [-0.2, -0.15) is 0 Å². The molecule has 1 heteroatoms. The van der Waals surface area contributed by atoms with Crippen molar-refractivity contribution in [2.75, 3.05) is 6.61 Å². The minimum Gasteiger partial charge on any atom is -0.373 e. The number of hydrogen-bond acceptors (Lipinski definition) is 1. The summed E-state index contributed by atoms with van der Waals surface area (Å²) < 4.78 is 5.12. The van der Waals surface area contributed by atoms with Crippen molar-refractivity contribution in [3.05, 3.63) is 0 Å². The Kier molecular flexibility index (Phi) is 0.762. The second-order valence-electron chi connectivity index (χ2n) is 3.47. The van der Waals surface area contributed by atoms with Gasteiger partial charge in [0.15, 0.2) is 0 Å². The molecule has 0 aromatic carbocycles. The molecule has 0 aromatic rings.